The summed E-state index contributed by atoms with van der Waals surface area (Å²) in [4.78, 5) is 0. The standard InChI is InChI=1S/C12H15ClFN/c13-10-4-3-9(12(14)8-10)2-1-7-15-11-5-6-11/h3-4,8,11,15H,1-2,5-7H2. The van der Waals surface area contributed by atoms with E-state index in [-0.39, 0.29) is 5.82 Å². The Labute approximate surface area is 94.6 Å². The minimum absolute atomic E-state index is 0.186. The molecule has 0 saturated heterocycles. The molecule has 0 spiro atoms. The summed E-state index contributed by atoms with van der Waals surface area (Å²) in [6, 6.07) is 5.63. The van der Waals surface area contributed by atoms with E-state index in [0.29, 0.717) is 5.02 Å². The summed E-state index contributed by atoms with van der Waals surface area (Å²) >= 11 is 5.68. The Morgan fingerprint density at radius 3 is 2.87 bits per heavy atom. The zero-order chi connectivity index (χ0) is 10.7. The highest BCUT2D eigenvalue weighted by atomic mass is 35.5. The van der Waals surface area contributed by atoms with Crippen LogP contribution in [0.15, 0.2) is 18.2 Å². The van der Waals surface area contributed by atoms with Gasteiger partial charge in [0.05, 0.1) is 0 Å². The Bertz CT molecular complexity index is 336. The average molecular weight is 228 g/mol. The monoisotopic (exact) mass is 227 g/mol. The van der Waals surface area contributed by atoms with Crippen molar-refractivity contribution in [3.05, 3.63) is 34.6 Å². The smallest absolute Gasteiger partial charge is 0.127 e. The van der Waals surface area contributed by atoms with E-state index < -0.39 is 0 Å². The van der Waals surface area contributed by atoms with Crippen LogP contribution < -0.4 is 5.32 Å². The first kappa shape index (κ1) is 10.9. The Hall–Kier alpha value is -0.600. The molecule has 15 heavy (non-hydrogen) atoms. The lowest BCUT2D eigenvalue weighted by atomic mass is 10.1. The molecule has 0 aliphatic heterocycles. The van der Waals surface area contributed by atoms with Crippen LogP contribution in [0.3, 0.4) is 0 Å². The second-order valence-corrected chi connectivity index (χ2v) is 4.50. The molecule has 82 valence electrons. The summed E-state index contributed by atoms with van der Waals surface area (Å²) in [6.45, 7) is 0.979. The lowest BCUT2D eigenvalue weighted by Gasteiger charge is -2.04. The van der Waals surface area contributed by atoms with E-state index in [4.69, 9.17) is 11.6 Å². The summed E-state index contributed by atoms with van der Waals surface area (Å²) in [6.07, 6.45) is 4.36. The Kier molecular flexibility index (Phi) is 3.60. The molecule has 0 bridgehead atoms. The van der Waals surface area contributed by atoms with Gasteiger partial charge in [0.1, 0.15) is 5.82 Å². The maximum absolute atomic E-state index is 13.3. The van der Waals surface area contributed by atoms with Gasteiger partial charge in [0.25, 0.3) is 0 Å². The number of hydrogen-bond donors (Lipinski definition) is 1. The van der Waals surface area contributed by atoms with Crippen molar-refractivity contribution in [1.82, 2.24) is 5.32 Å². The molecule has 0 unspecified atom stereocenters. The first-order valence-corrected chi connectivity index (χ1v) is 5.81. The number of halogens is 2. The van der Waals surface area contributed by atoms with Crippen molar-refractivity contribution < 1.29 is 4.39 Å². The molecule has 1 nitrogen and oxygen atoms in total. The fourth-order valence-corrected chi connectivity index (χ4v) is 1.76. The minimum Gasteiger partial charge on any atom is -0.314 e. The molecule has 1 aliphatic carbocycles. The molecule has 0 amide bonds. The predicted molar refractivity (Wildman–Crippen MR) is 60.8 cm³/mol. The van der Waals surface area contributed by atoms with E-state index in [1.807, 2.05) is 0 Å². The van der Waals surface area contributed by atoms with Crippen LogP contribution >= 0.6 is 11.6 Å². The number of hydrogen-bond acceptors (Lipinski definition) is 1. The minimum atomic E-state index is -0.186. The van der Waals surface area contributed by atoms with Gasteiger partial charge in [-0.15, -0.1) is 0 Å². The van der Waals surface area contributed by atoms with Crippen LogP contribution in [0.25, 0.3) is 0 Å². The summed E-state index contributed by atoms with van der Waals surface area (Å²) < 4.78 is 13.3. The van der Waals surface area contributed by atoms with Gasteiger partial charge in [-0.25, -0.2) is 4.39 Å². The van der Waals surface area contributed by atoms with Gasteiger partial charge < -0.3 is 5.32 Å². The normalized spacial score (nSPS) is 15.6. The molecular formula is C12H15ClFN. The largest absolute Gasteiger partial charge is 0.314 e. The Morgan fingerprint density at radius 1 is 1.40 bits per heavy atom. The van der Waals surface area contributed by atoms with Crippen molar-refractivity contribution >= 4 is 11.6 Å². The fourth-order valence-electron chi connectivity index (χ4n) is 1.60. The van der Waals surface area contributed by atoms with Gasteiger partial charge >= 0.3 is 0 Å². The van der Waals surface area contributed by atoms with Crippen molar-refractivity contribution in [2.45, 2.75) is 31.7 Å². The van der Waals surface area contributed by atoms with Gasteiger partial charge in [-0.05, 0) is 49.9 Å². The summed E-state index contributed by atoms with van der Waals surface area (Å²) in [5, 5.41) is 3.87. The lowest BCUT2D eigenvalue weighted by Crippen LogP contribution is -2.18. The maximum Gasteiger partial charge on any atom is 0.127 e. The van der Waals surface area contributed by atoms with E-state index in [0.717, 1.165) is 31.0 Å². The molecule has 2 rings (SSSR count). The van der Waals surface area contributed by atoms with Crippen LogP contribution in [-0.2, 0) is 6.42 Å². The van der Waals surface area contributed by atoms with Crippen LogP contribution in [0.2, 0.25) is 5.02 Å². The van der Waals surface area contributed by atoms with E-state index in [1.165, 1.54) is 18.9 Å². The number of rotatable bonds is 5. The SMILES string of the molecule is Fc1cc(Cl)ccc1CCCNC1CC1. The van der Waals surface area contributed by atoms with E-state index in [2.05, 4.69) is 5.32 Å². The first-order chi connectivity index (χ1) is 7.25. The third-order valence-corrected chi connectivity index (χ3v) is 2.88. The quantitative estimate of drug-likeness (QED) is 0.762. The molecule has 1 aliphatic rings. The second-order valence-electron chi connectivity index (χ2n) is 4.07. The van der Waals surface area contributed by atoms with E-state index >= 15 is 0 Å². The van der Waals surface area contributed by atoms with Gasteiger partial charge in [-0.2, -0.15) is 0 Å². The molecule has 1 aromatic rings. The predicted octanol–water partition coefficient (Wildman–Crippen LogP) is 3.16. The van der Waals surface area contributed by atoms with Crippen LogP contribution in [0.1, 0.15) is 24.8 Å². The highest BCUT2D eigenvalue weighted by Gasteiger charge is 2.19. The van der Waals surface area contributed by atoms with Crippen molar-refractivity contribution in [2.24, 2.45) is 0 Å². The number of nitrogens with one attached hydrogen (secondary N) is 1. The van der Waals surface area contributed by atoms with Gasteiger partial charge in [0.2, 0.25) is 0 Å². The van der Waals surface area contributed by atoms with Crippen molar-refractivity contribution in [3.63, 3.8) is 0 Å². The Morgan fingerprint density at radius 2 is 2.20 bits per heavy atom. The van der Waals surface area contributed by atoms with Gasteiger partial charge in [-0.3, -0.25) is 0 Å². The second kappa shape index (κ2) is 4.95. The summed E-state index contributed by atoms with van der Waals surface area (Å²) in [5.74, 6) is -0.186. The highest BCUT2D eigenvalue weighted by molar-refractivity contribution is 6.30. The fraction of sp³-hybridized carbons (Fsp3) is 0.500. The Balaban J connectivity index is 1.76. The summed E-state index contributed by atoms with van der Waals surface area (Å²) in [5.41, 5.74) is 0.761. The lowest BCUT2D eigenvalue weighted by molar-refractivity contribution is 0.592. The third kappa shape index (κ3) is 3.47. The highest BCUT2D eigenvalue weighted by Crippen LogP contribution is 2.19. The molecule has 1 saturated carbocycles. The van der Waals surface area contributed by atoms with Crippen molar-refractivity contribution in [2.75, 3.05) is 6.54 Å². The average Bonchev–Trinajstić information content (AvgIpc) is 2.99. The van der Waals surface area contributed by atoms with Crippen molar-refractivity contribution in [1.29, 1.82) is 0 Å². The number of aryl methyl sites for hydroxylation is 1. The molecule has 1 N–H and O–H groups in total. The summed E-state index contributed by atoms with van der Waals surface area (Å²) in [7, 11) is 0. The first-order valence-electron chi connectivity index (χ1n) is 5.43. The van der Waals surface area contributed by atoms with E-state index in [9.17, 15) is 4.39 Å². The number of benzene rings is 1. The van der Waals surface area contributed by atoms with Crippen LogP contribution in [0, 0.1) is 5.82 Å². The van der Waals surface area contributed by atoms with Gasteiger partial charge in [-0.1, -0.05) is 17.7 Å². The molecule has 0 heterocycles. The van der Waals surface area contributed by atoms with Gasteiger partial charge in [0, 0.05) is 11.1 Å². The van der Waals surface area contributed by atoms with Crippen molar-refractivity contribution in [3.8, 4) is 0 Å². The molecular weight excluding hydrogens is 213 g/mol. The topological polar surface area (TPSA) is 12.0 Å². The molecule has 0 atom stereocenters. The van der Waals surface area contributed by atoms with Crippen LogP contribution in [0.5, 0.6) is 0 Å². The maximum atomic E-state index is 13.3. The third-order valence-electron chi connectivity index (χ3n) is 2.65. The molecule has 0 radical (unpaired) electrons. The molecule has 1 aromatic carbocycles. The zero-order valence-corrected chi connectivity index (χ0v) is 9.36. The van der Waals surface area contributed by atoms with Gasteiger partial charge in [0.15, 0.2) is 0 Å². The van der Waals surface area contributed by atoms with Crippen LogP contribution in [0.4, 0.5) is 4.39 Å². The van der Waals surface area contributed by atoms with E-state index in [1.54, 1.807) is 12.1 Å². The zero-order valence-electron chi connectivity index (χ0n) is 8.60. The molecule has 1 fully saturated rings. The molecule has 3 heteroatoms. The van der Waals surface area contributed by atoms with Crippen LogP contribution in [-0.4, -0.2) is 12.6 Å². The molecule has 0 aromatic heterocycles.